The number of aliphatic hydroxyl groups excluding tert-OH is 1. The first-order valence-electron chi connectivity index (χ1n) is 10.3. The van der Waals surface area contributed by atoms with E-state index in [9.17, 15) is 29.1 Å². The van der Waals surface area contributed by atoms with Crippen LogP contribution in [-0.4, -0.2) is 64.4 Å². The molecule has 1 aromatic carbocycles. The maximum absolute atomic E-state index is 12.7. The molecule has 1 rings (SSSR count). The molecule has 0 heterocycles. The molecular formula is C22H31N3O7. The molecule has 0 radical (unpaired) electrons. The Balaban J connectivity index is 2.70. The minimum absolute atomic E-state index is 0.0830. The number of hydrogen-bond acceptors (Lipinski definition) is 6. The van der Waals surface area contributed by atoms with Crippen molar-refractivity contribution in [1.29, 1.82) is 0 Å². The van der Waals surface area contributed by atoms with Crippen LogP contribution < -0.4 is 16.0 Å². The number of benzene rings is 1. The summed E-state index contributed by atoms with van der Waals surface area (Å²) in [7, 11) is 0. The van der Waals surface area contributed by atoms with Gasteiger partial charge in [-0.15, -0.1) is 0 Å². The van der Waals surface area contributed by atoms with Gasteiger partial charge in [-0.05, 0) is 18.4 Å². The van der Waals surface area contributed by atoms with Crippen LogP contribution in [0.5, 0.6) is 0 Å². The maximum atomic E-state index is 12.7. The normalized spacial score (nSPS) is 14.5. The first-order valence-corrected chi connectivity index (χ1v) is 10.3. The lowest BCUT2D eigenvalue weighted by Gasteiger charge is -2.25. The molecule has 32 heavy (non-hydrogen) atoms. The van der Waals surface area contributed by atoms with Crippen LogP contribution in [0.2, 0.25) is 0 Å². The lowest BCUT2D eigenvalue weighted by atomic mass is 10.0. The van der Waals surface area contributed by atoms with Gasteiger partial charge in [-0.1, -0.05) is 44.2 Å². The summed E-state index contributed by atoms with van der Waals surface area (Å²) in [4.78, 5) is 58.9. The molecule has 3 amide bonds. The fourth-order valence-electron chi connectivity index (χ4n) is 2.93. The van der Waals surface area contributed by atoms with E-state index in [-0.39, 0.29) is 18.8 Å². The minimum atomic E-state index is -1.35. The highest BCUT2D eigenvalue weighted by molar-refractivity contribution is 5.93. The number of nitrogens with one attached hydrogen (secondary N) is 3. The highest BCUT2D eigenvalue weighted by Gasteiger charge is 2.29. The number of hydrogen-bond donors (Lipinski definition) is 5. The van der Waals surface area contributed by atoms with Crippen molar-refractivity contribution >= 4 is 30.0 Å². The molecule has 0 fully saturated rings. The van der Waals surface area contributed by atoms with Crippen LogP contribution in [-0.2, 0) is 30.4 Å². The van der Waals surface area contributed by atoms with Crippen LogP contribution in [0.3, 0.4) is 0 Å². The first-order chi connectivity index (χ1) is 15.0. The molecule has 10 nitrogen and oxygen atoms in total. The van der Waals surface area contributed by atoms with E-state index < -0.39 is 54.3 Å². The Hall–Kier alpha value is -3.27. The molecule has 0 aliphatic rings. The molecule has 0 spiro atoms. The molecular weight excluding hydrogens is 418 g/mol. The fraction of sp³-hybridized carbons (Fsp3) is 0.500. The third-order valence-electron chi connectivity index (χ3n) is 4.72. The standard InChI is InChI=1S/C22H31N3O7/c1-13(2)19(25-21(31)17(27)11-15-7-5-4-6-8-15)22(32)23-14(3)20(30)24-16(9-10-26)12-18(28)29/h4-8,10,13-14,16-17,19,27H,9,11-12H2,1-3H3,(H,23,32)(H,24,30)(H,25,31)(H,28,29)/t14-,16+,17?,19-/m0/s1. The Morgan fingerprint density at radius 3 is 2.09 bits per heavy atom. The number of aldehydes is 1. The second-order valence-electron chi connectivity index (χ2n) is 7.87. The van der Waals surface area contributed by atoms with Crippen molar-refractivity contribution in [2.45, 2.75) is 64.3 Å². The van der Waals surface area contributed by atoms with Crippen molar-refractivity contribution in [1.82, 2.24) is 16.0 Å². The summed E-state index contributed by atoms with van der Waals surface area (Å²) in [5.74, 6) is -3.52. The molecule has 0 bridgehead atoms. The lowest BCUT2D eigenvalue weighted by Crippen LogP contribution is -2.56. The molecule has 10 heteroatoms. The predicted molar refractivity (Wildman–Crippen MR) is 115 cm³/mol. The van der Waals surface area contributed by atoms with E-state index in [1.165, 1.54) is 6.92 Å². The highest BCUT2D eigenvalue weighted by atomic mass is 16.4. The van der Waals surface area contributed by atoms with Gasteiger partial charge in [0.05, 0.1) is 6.42 Å². The molecule has 1 unspecified atom stereocenters. The number of aliphatic hydroxyl groups is 1. The van der Waals surface area contributed by atoms with Crippen LogP contribution in [0.25, 0.3) is 0 Å². The molecule has 4 atom stereocenters. The highest BCUT2D eigenvalue weighted by Crippen LogP contribution is 2.07. The van der Waals surface area contributed by atoms with Crippen molar-refractivity contribution in [3.05, 3.63) is 35.9 Å². The largest absolute Gasteiger partial charge is 0.481 e. The second kappa shape index (κ2) is 13.2. The average molecular weight is 450 g/mol. The van der Waals surface area contributed by atoms with Gasteiger partial charge in [0.1, 0.15) is 24.5 Å². The zero-order valence-electron chi connectivity index (χ0n) is 18.4. The summed E-state index contributed by atoms with van der Waals surface area (Å²) in [6.45, 7) is 4.80. The smallest absolute Gasteiger partial charge is 0.305 e. The predicted octanol–water partition coefficient (Wildman–Crippen LogP) is -0.216. The third-order valence-corrected chi connectivity index (χ3v) is 4.72. The first kappa shape index (κ1) is 26.8. The minimum Gasteiger partial charge on any atom is -0.481 e. The third kappa shape index (κ3) is 9.25. The van der Waals surface area contributed by atoms with Gasteiger partial charge >= 0.3 is 5.97 Å². The van der Waals surface area contributed by atoms with Gasteiger partial charge in [0.15, 0.2) is 0 Å². The van der Waals surface area contributed by atoms with Gasteiger partial charge in [-0.25, -0.2) is 0 Å². The number of carboxylic acid groups (broad SMARTS) is 1. The van der Waals surface area contributed by atoms with E-state index >= 15 is 0 Å². The van der Waals surface area contributed by atoms with E-state index in [0.29, 0.717) is 6.29 Å². The van der Waals surface area contributed by atoms with Gasteiger partial charge in [0.2, 0.25) is 17.7 Å². The summed E-state index contributed by atoms with van der Waals surface area (Å²) in [5.41, 5.74) is 0.761. The van der Waals surface area contributed by atoms with Crippen molar-refractivity contribution in [3.63, 3.8) is 0 Å². The number of carbonyl (C=O) groups is 5. The number of amides is 3. The zero-order valence-corrected chi connectivity index (χ0v) is 18.4. The summed E-state index contributed by atoms with van der Waals surface area (Å²) >= 11 is 0. The summed E-state index contributed by atoms with van der Waals surface area (Å²) in [5, 5.41) is 26.5. The van der Waals surface area contributed by atoms with Crippen LogP contribution in [0.15, 0.2) is 30.3 Å². The molecule has 0 aliphatic carbocycles. The zero-order chi connectivity index (χ0) is 24.3. The molecule has 1 aromatic rings. The molecule has 5 N–H and O–H groups in total. The van der Waals surface area contributed by atoms with Crippen molar-refractivity contribution in [3.8, 4) is 0 Å². The number of carbonyl (C=O) groups excluding carboxylic acids is 4. The fourth-order valence-corrected chi connectivity index (χ4v) is 2.93. The topological polar surface area (TPSA) is 162 Å². The van der Waals surface area contributed by atoms with Gasteiger partial charge < -0.3 is 31.0 Å². The second-order valence-corrected chi connectivity index (χ2v) is 7.87. The number of aliphatic carboxylic acids is 1. The maximum Gasteiger partial charge on any atom is 0.305 e. The van der Waals surface area contributed by atoms with Crippen molar-refractivity contribution in [2.75, 3.05) is 0 Å². The van der Waals surface area contributed by atoms with Crippen LogP contribution in [0.1, 0.15) is 39.2 Å². The molecule has 0 aliphatic heterocycles. The number of carboxylic acids is 1. The van der Waals surface area contributed by atoms with Crippen LogP contribution >= 0.6 is 0 Å². The van der Waals surface area contributed by atoms with Crippen LogP contribution in [0, 0.1) is 5.92 Å². The van der Waals surface area contributed by atoms with E-state index in [0.717, 1.165) is 5.56 Å². The molecule has 0 aromatic heterocycles. The van der Waals surface area contributed by atoms with E-state index in [2.05, 4.69) is 16.0 Å². The van der Waals surface area contributed by atoms with E-state index in [1.54, 1.807) is 38.1 Å². The quantitative estimate of drug-likeness (QED) is 0.260. The van der Waals surface area contributed by atoms with Crippen molar-refractivity contribution < 1.29 is 34.2 Å². The Kier molecular flexibility index (Phi) is 11.0. The Morgan fingerprint density at radius 2 is 1.56 bits per heavy atom. The Labute approximate surface area is 186 Å². The lowest BCUT2D eigenvalue weighted by molar-refractivity contribution is -0.138. The monoisotopic (exact) mass is 449 g/mol. The number of rotatable bonds is 13. The average Bonchev–Trinajstić information content (AvgIpc) is 2.71. The Morgan fingerprint density at radius 1 is 0.938 bits per heavy atom. The molecule has 0 saturated heterocycles. The van der Waals surface area contributed by atoms with Crippen LogP contribution in [0.4, 0.5) is 0 Å². The SMILES string of the molecule is CC(C)[C@H](NC(=O)C(O)Cc1ccccc1)C(=O)N[C@@H](C)C(=O)N[C@H](CC=O)CC(=O)O. The molecule has 176 valence electrons. The molecule has 0 saturated carbocycles. The summed E-state index contributed by atoms with van der Waals surface area (Å²) < 4.78 is 0. The van der Waals surface area contributed by atoms with Gasteiger partial charge in [-0.3, -0.25) is 19.2 Å². The van der Waals surface area contributed by atoms with Gasteiger partial charge in [-0.2, -0.15) is 0 Å². The van der Waals surface area contributed by atoms with E-state index in [1.807, 2.05) is 6.07 Å². The Bertz CT molecular complexity index is 798. The van der Waals surface area contributed by atoms with Gasteiger partial charge in [0.25, 0.3) is 0 Å². The van der Waals surface area contributed by atoms with Crippen molar-refractivity contribution in [2.24, 2.45) is 5.92 Å². The summed E-state index contributed by atoms with van der Waals surface area (Å²) in [6.07, 6.45) is -1.38. The summed E-state index contributed by atoms with van der Waals surface area (Å²) in [6, 6.07) is 5.98. The van der Waals surface area contributed by atoms with E-state index in [4.69, 9.17) is 5.11 Å². The van der Waals surface area contributed by atoms with Gasteiger partial charge in [0, 0.05) is 18.9 Å².